The van der Waals surface area contributed by atoms with E-state index in [1.165, 1.54) is 11.0 Å². The molecule has 6 nitrogen and oxygen atoms in total. The first kappa shape index (κ1) is 19.4. The first-order valence-corrected chi connectivity index (χ1v) is 9.03. The number of hydrogen-bond acceptors (Lipinski definition) is 3. The first-order valence-electron chi connectivity index (χ1n) is 9.03. The normalized spacial score (nSPS) is 12.2. The predicted octanol–water partition coefficient (Wildman–Crippen LogP) is 2.32. The fourth-order valence-corrected chi connectivity index (χ4v) is 3.00. The fourth-order valence-electron chi connectivity index (χ4n) is 3.00. The van der Waals surface area contributed by atoms with E-state index in [2.05, 4.69) is 10.3 Å². The number of carbonyl (C=O) groups excluding carboxylic acids is 2. The zero-order valence-electron chi connectivity index (χ0n) is 15.6. The average molecular weight is 377 g/mol. The molecule has 3 rings (SSSR count). The van der Waals surface area contributed by atoms with Crippen molar-refractivity contribution in [2.45, 2.75) is 12.6 Å². The molecule has 1 aromatic heterocycles. The van der Waals surface area contributed by atoms with Crippen molar-refractivity contribution in [2.24, 2.45) is 0 Å². The highest BCUT2D eigenvalue weighted by Crippen LogP contribution is 2.18. The third-order valence-corrected chi connectivity index (χ3v) is 4.47. The summed E-state index contributed by atoms with van der Waals surface area (Å²) < 4.78 is 0. The molecule has 0 radical (unpaired) electrons. The highest BCUT2D eigenvalue weighted by Gasteiger charge is 2.22. The second kappa shape index (κ2) is 9.01. The van der Waals surface area contributed by atoms with Crippen molar-refractivity contribution in [3.8, 4) is 0 Å². The Morgan fingerprint density at radius 3 is 2.61 bits per heavy atom. The SMILES string of the molecule is CN(Cc1ccccc1)C(=O)C(CO)NC(=O)C=Cc1c[nH]c2ccccc12. The molecule has 0 fully saturated rings. The lowest BCUT2D eigenvalue weighted by molar-refractivity contribution is -0.136. The van der Waals surface area contributed by atoms with Crippen LogP contribution in [0.15, 0.2) is 66.9 Å². The Kier molecular flexibility index (Phi) is 6.24. The van der Waals surface area contributed by atoms with E-state index in [9.17, 15) is 14.7 Å². The van der Waals surface area contributed by atoms with Gasteiger partial charge in [0.15, 0.2) is 0 Å². The zero-order valence-corrected chi connectivity index (χ0v) is 15.6. The Bertz CT molecular complexity index is 979. The molecule has 1 heterocycles. The maximum atomic E-state index is 12.5. The molecule has 0 bridgehead atoms. The van der Waals surface area contributed by atoms with Gasteiger partial charge in [0.1, 0.15) is 6.04 Å². The van der Waals surface area contributed by atoms with Crippen molar-refractivity contribution in [1.82, 2.24) is 15.2 Å². The zero-order chi connectivity index (χ0) is 19.9. The molecule has 6 heteroatoms. The van der Waals surface area contributed by atoms with Gasteiger partial charge >= 0.3 is 0 Å². The summed E-state index contributed by atoms with van der Waals surface area (Å²) in [6, 6.07) is 16.3. The van der Waals surface area contributed by atoms with Gasteiger partial charge in [-0.05, 0) is 23.3 Å². The van der Waals surface area contributed by atoms with Gasteiger partial charge < -0.3 is 20.3 Å². The van der Waals surface area contributed by atoms with Crippen LogP contribution in [-0.2, 0) is 16.1 Å². The van der Waals surface area contributed by atoms with Crippen LogP contribution in [0.2, 0.25) is 0 Å². The molecule has 3 aromatic rings. The molecule has 144 valence electrons. The first-order chi connectivity index (χ1) is 13.6. The van der Waals surface area contributed by atoms with Crippen LogP contribution in [0.25, 0.3) is 17.0 Å². The molecule has 0 aliphatic heterocycles. The molecule has 1 unspecified atom stereocenters. The maximum absolute atomic E-state index is 12.5. The standard InChI is InChI=1S/C22H23N3O3/c1-25(14-16-7-3-2-4-8-16)22(28)20(15-26)24-21(27)12-11-17-13-23-19-10-6-5-9-18(17)19/h2-13,20,23,26H,14-15H2,1H3,(H,24,27). The van der Waals surface area contributed by atoms with Crippen LogP contribution in [0.1, 0.15) is 11.1 Å². The number of aromatic amines is 1. The number of para-hydroxylation sites is 1. The van der Waals surface area contributed by atoms with Crippen LogP contribution >= 0.6 is 0 Å². The van der Waals surface area contributed by atoms with Crippen molar-refractivity contribution in [3.63, 3.8) is 0 Å². The summed E-state index contributed by atoms with van der Waals surface area (Å²) in [5.74, 6) is -0.786. The Balaban J connectivity index is 1.61. The molecule has 0 aliphatic rings. The van der Waals surface area contributed by atoms with Crippen LogP contribution in [0.3, 0.4) is 0 Å². The second-order valence-corrected chi connectivity index (χ2v) is 6.55. The van der Waals surface area contributed by atoms with Crippen molar-refractivity contribution in [2.75, 3.05) is 13.7 Å². The van der Waals surface area contributed by atoms with E-state index in [4.69, 9.17) is 0 Å². The molecule has 28 heavy (non-hydrogen) atoms. The van der Waals surface area contributed by atoms with E-state index in [1.807, 2.05) is 60.8 Å². The number of aromatic nitrogens is 1. The summed E-state index contributed by atoms with van der Waals surface area (Å²) in [5.41, 5.74) is 2.83. The van der Waals surface area contributed by atoms with Gasteiger partial charge in [-0.25, -0.2) is 0 Å². The summed E-state index contributed by atoms with van der Waals surface area (Å²) in [6.45, 7) is -0.0676. The van der Waals surface area contributed by atoms with Crippen molar-refractivity contribution >= 4 is 28.8 Å². The monoisotopic (exact) mass is 377 g/mol. The van der Waals surface area contributed by atoms with Gasteiger partial charge in [0, 0.05) is 36.8 Å². The molecule has 3 N–H and O–H groups in total. The van der Waals surface area contributed by atoms with Gasteiger partial charge in [-0.3, -0.25) is 9.59 Å². The lowest BCUT2D eigenvalue weighted by Crippen LogP contribution is -2.48. The third kappa shape index (κ3) is 4.66. The van der Waals surface area contributed by atoms with Crippen LogP contribution < -0.4 is 5.32 Å². The molecule has 2 aromatic carbocycles. The van der Waals surface area contributed by atoms with Gasteiger partial charge in [0.2, 0.25) is 11.8 Å². The highest BCUT2D eigenvalue weighted by atomic mass is 16.3. The van der Waals surface area contributed by atoms with Gasteiger partial charge in [-0.15, -0.1) is 0 Å². The summed E-state index contributed by atoms with van der Waals surface area (Å²) >= 11 is 0. The molecule has 0 aliphatic carbocycles. The molecule has 1 atom stereocenters. The topological polar surface area (TPSA) is 85.4 Å². The Morgan fingerprint density at radius 1 is 1.14 bits per heavy atom. The van der Waals surface area contributed by atoms with E-state index >= 15 is 0 Å². The molecule has 0 spiro atoms. The number of nitrogens with zero attached hydrogens (tertiary/aromatic N) is 1. The van der Waals surface area contributed by atoms with E-state index in [1.54, 1.807) is 13.1 Å². The maximum Gasteiger partial charge on any atom is 0.247 e. The molecular formula is C22H23N3O3. The second-order valence-electron chi connectivity index (χ2n) is 6.55. The Labute approximate surface area is 163 Å². The van der Waals surface area contributed by atoms with E-state index in [-0.39, 0.29) is 5.91 Å². The van der Waals surface area contributed by atoms with Crippen LogP contribution in [-0.4, -0.2) is 46.5 Å². The van der Waals surface area contributed by atoms with Crippen LogP contribution in [0, 0.1) is 0 Å². The smallest absolute Gasteiger partial charge is 0.247 e. The average Bonchev–Trinajstić information content (AvgIpc) is 3.14. The van der Waals surface area contributed by atoms with Crippen molar-refractivity contribution in [3.05, 3.63) is 78.0 Å². The Morgan fingerprint density at radius 2 is 1.86 bits per heavy atom. The number of aliphatic hydroxyl groups is 1. The molecular weight excluding hydrogens is 354 g/mol. The highest BCUT2D eigenvalue weighted by molar-refractivity contribution is 5.98. The van der Waals surface area contributed by atoms with E-state index < -0.39 is 18.6 Å². The van der Waals surface area contributed by atoms with Crippen LogP contribution in [0.4, 0.5) is 0 Å². The number of amides is 2. The minimum absolute atomic E-state index is 0.347. The Hall–Kier alpha value is -3.38. The van der Waals surface area contributed by atoms with Crippen molar-refractivity contribution < 1.29 is 14.7 Å². The number of carbonyl (C=O) groups is 2. The molecule has 0 saturated carbocycles. The van der Waals surface area contributed by atoms with Gasteiger partial charge in [-0.1, -0.05) is 48.5 Å². The predicted molar refractivity (Wildman–Crippen MR) is 109 cm³/mol. The molecule has 0 saturated heterocycles. The lowest BCUT2D eigenvalue weighted by Gasteiger charge is -2.23. The lowest BCUT2D eigenvalue weighted by atomic mass is 10.1. The number of benzene rings is 2. The van der Waals surface area contributed by atoms with Gasteiger partial charge in [0.25, 0.3) is 0 Å². The molecule has 2 amide bonds. The van der Waals surface area contributed by atoms with Gasteiger partial charge in [-0.2, -0.15) is 0 Å². The van der Waals surface area contributed by atoms with Gasteiger partial charge in [0.05, 0.1) is 6.61 Å². The fraction of sp³-hybridized carbons (Fsp3) is 0.182. The number of rotatable bonds is 7. The largest absolute Gasteiger partial charge is 0.394 e. The summed E-state index contributed by atoms with van der Waals surface area (Å²) in [5, 5.41) is 13.1. The summed E-state index contributed by atoms with van der Waals surface area (Å²) in [7, 11) is 1.64. The van der Waals surface area contributed by atoms with E-state index in [0.29, 0.717) is 6.54 Å². The summed E-state index contributed by atoms with van der Waals surface area (Å²) in [6.07, 6.45) is 4.86. The number of likely N-dealkylation sites (N-methyl/N-ethyl adjacent to an activating group) is 1. The number of nitrogens with one attached hydrogen (secondary N) is 2. The number of fused-ring (bicyclic) bond motifs is 1. The number of aliphatic hydroxyl groups excluding tert-OH is 1. The number of H-pyrrole nitrogens is 1. The minimum atomic E-state index is -0.992. The summed E-state index contributed by atoms with van der Waals surface area (Å²) in [4.78, 5) is 29.4. The van der Waals surface area contributed by atoms with E-state index in [0.717, 1.165) is 22.0 Å². The number of hydrogen-bond donors (Lipinski definition) is 3. The third-order valence-electron chi connectivity index (χ3n) is 4.47. The minimum Gasteiger partial charge on any atom is -0.394 e. The quantitative estimate of drug-likeness (QED) is 0.553. The van der Waals surface area contributed by atoms with Crippen molar-refractivity contribution in [1.29, 1.82) is 0 Å². The van der Waals surface area contributed by atoms with Crippen LogP contribution in [0.5, 0.6) is 0 Å².